The number of methoxy groups -OCH3 is 1. The molecule has 0 saturated carbocycles. The van der Waals surface area contributed by atoms with Crippen LogP contribution in [0.1, 0.15) is 17.3 Å². The van der Waals surface area contributed by atoms with E-state index in [1.54, 1.807) is 24.3 Å². The Morgan fingerprint density at radius 1 is 1.12 bits per heavy atom. The number of amides is 1. The standard InChI is InChI=1S/C18H17F2NO4S/c1-3-25-11-4-6-12(7-5-11)26-10-17(22)21-16-8-13(18(23)24-2)14(19)9-15(16)20/h4-9H,3,10H2,1-2H3,(H,21,22). The molecule has 2 rings (SSSR count). The molecule has 2 aromatic rings. The fraction of sp³-hybridized carbons (Fsp3) is 0.222. The molecule has 0 bridgehead atoms. The molecule has 0 radical (unpaired) electrons. The van der Waals surface area contributed by atoms with Gasteiger partial charge in [-0.15, -0.1) is 11.8 Å². The second-order valence-corrected chi connectivity index (χ2v) is 6.09. The van der Waals surface area contributed by atoms with Crippen LogP contribution in [0.3, 0.4) is 0 Å². The molecule has 2 aromatic carbocycles. The van der Waals surface area contributed by atoms with E-state index in [2.05, 4.69) is 10.1 Å². The van der Waals surface area contributed by atoms with Crippen molar-refractivity contribution in [3.05, 3.63) is 53.6 Å². The molecule has 0 atom stereocenters. The molecule has 0 fully saturated rings. The summed E-state index contributed by atoms with van der Waals surface area (Å²) >= 11 is 1.24. The number of carbonyl (C=O) groups is 2. The van der Waals surface area contributed by atoms with Crippen molar-refractivity contribution >= 4 is 29.3 Å². The van der Waals surface area contributed by atoms with Crippen LogP contribution in [0.5, 0.6) is 5.75 Å². The third-order valence-corrected chi connectivity index (χ3v) is 4.25. The number of carbonyl (C=O) groups excluding carboxylic acids is 2. The highest BCUT2D eigenvalue weighted by Crippen LogP contribution is 2.23. The van der Waals surface area contributed by atoms with Gasteiger partial charge in [-0.05, 0) is 37.3 Å². The fourth-order valence-corrected chi connectivity index (χ4v) is 2.74. The van der Waals surface area contributed by atoms with E-state index in [9.17, 15) is 18.4 Å². The second kappa shape index (κ2) is 9.19. The molecule has 0 aliphatic rings. The number of halogens is 2. The van der Waals surface area contributed by atoms with Crippen molar-refractivity contribution < 1.29 is 27.8 Å². The number of nitrogens with one attached hydrogen (secondary N) is 1. The molecule has 0 aliphatic carbocycles. The van der Waals surface area contributed by atoms with Crippen molar-refractivity contribution in [2.75, 3.05) is 24.8 Å². The molecule has 5 nitrogen and oxygen atoms in total. The second-order valence-electron chi connectivity index (χ2n) is 5.04. The Labute approximate surface area is 153 Å². The summed E-state index contributed by atoms with van der Waals surface area (Å²) in [5, 5.41) is 2.32. The minimum Gasteiger partial charge on any atom is -0.494 e. The maximum atomic E-state index is 13.8. The maximum absolute atomic E-state index is 13.8. The van der Waals surface area contributed by atoms with Gasteiger partial charge in [-0.1, -0.05) is 0 Å². The summed E-state index contributed by atoms with van der Waals surface area (Å²) in [6, 6.07) is 8.61. The lowest BCUT2D eigenvalue weighted by atomic mass is 10.1. The molecule has 0 aromatic heterocycles. The van der Waals surface area contributed by atoms with Crippen LogP contribution in [0.4, 0.5) is 14.5 Å². The molecule has 0 saturated heterocycles. The number of anilines is 1. The average molecular weight is 381 g/mol. The first-order chi connectivity index (χ1) is 12.4. The Balaban J connectivity index is 2.00. The van der Waals surface area contributed by atoms with E-state index in [4.69, 9.17) is 4.74 Å². The summed E-state index contributed by atoms with van der Waals surface area (Å²) in [7, 11) is 1.08. The Kier molecular flexibility index (Phi) is 6.97. The number of hydrogen-bond donors (Lipinski definition) is 1. The Morgan fingerprint density at radius 2 is 1.81 bits per heavy atom. The molecule has 1 amide bonds. The van der Waals surface area contributed by atoms with Crippen LogP contribution in [0.2, 0.25) is 0 Å². The van der Waals surface area contributed by atoms with Crippen LogP contribution < -0.4 is 10.1 Å². The Hall–Kier alpha value is -2.61. The zero-order chi connectivity index (χ0) is 19.1. The normalized spacial score (nSPS) is 10.3. The predicted octanol–water partition coefficient (Wildman–Crippen LogP) is 3.88. The van der Waals surface area contributed by atoms with Crippen molar-refractivity contribution in [2.24, 2.45) is 0 Å². The molecule has 138 valence electrons. The number of hydrogen-bond acceptors (Lipinski definition) is 5. The van der Waals surface area contributed by atoms with Gasteiger partial charge in [0, 0.05) is 11.0 Å². The largest absolute Gasteiger partial charge is 0.494 e. The van der Waals surface area contributed by atoms with Gasteiger partial charge < -0.3 is 14.8 Å². The number of thioether (sulfide) groups is 1. The monoisotopic (exact) mass is 381 g/mol. The summed E-state index contributed by atoms with van der Waals surface area (Å²) in [4.78, 5) is 24.3. The van der Waals surface area contributed by atoms with Crippen molar-refractivity contribution in [1.29, 1.82) is 0 Å². The maximum Gasteiger partial charge on any atom is 0.340 e. The highest BCUT2D eigenvalue weighted by atomic mass is 32.2. The minimum absolute atomic E-state index is 0.0123. The summed E-state index contributed by atoms with van der Waals surface area (Å²) < 4.78 is 37.2. The van der Waals surface area contributed by atoms with Gasteiger partial charge in [0.05, 0.1) is 30.7 Å². The lowest BCUT2D eigenvalue weighted by Gasteiger charge is -2.09. The first kappa shape index (κ1) is 19.7. The first-order valence-corrected chi connectivity index (χ1v) is 8.66. The minimum atomic E-state index is -1.06. The lowest BCUT2D eigenvalue weighted by Crippen LogP contribution is -2.16. The van der Waals surface area contributed by atoms with Gasteiger partial charge in [0.25, 0.3) is 0 Å². The van der Waals surface area contributed by atoms with E-state index in [0.717, 1.165) is 23.8 Å². The van der Waals surface area contributed by atoms with Crippen LogP contribution in [0, 0.1) is 11.6 Å². The van der Waals surface area contributed by atoms with E-state index in [1.165, 1.54) is 11.8 Å². The number of ether oxygens (including phenoxy) is 2. The topological polar surface area (TPSA) is 64.6 Å². The molecular formula is C18H17F2NO4S. The summed E-state index contributed by atoms with van der Waals surface area (Å²) in [6.07, 6.45) is 0. The van der Waals surface area contributed by atoms with E-state index in [-0.39, 0.29) is 11.4 Å². The Bertz CT molecular complexity index is 797. The molecular weight excluding hydrogens is 364 g/mol. The number of rotatable bonds is 7. The smallest absolute Gasteiger partial charge is 0.340 e. The van der Waals surface area contributed by atoms with Crippen molar-refractivity contribution in [3.8, 4) is 5.75 Å². The summed E-state index contributed by atoms with van der Waals surface area (Å²) in [5.41, 5.74) is -0.743. The molecule has 1 N–H and O–H groups in total. The van der Waals surface area contributed by atoms with Crippen LogP contribution in [-0.4, -0.2) is 31.3 Å². The first-order valence-electron chi connectivity index (χ1n) is 7.67. The Morgan fingerprint density at radius 3 is 2.42 bits per heavy atom. The van der Waals surface area contributed by atoms with Crippen molar-refractivity contribution in [1.82, 2.24) is 0 Å². The highest BCUT2D eigenvalue weighted by molar-refractivity contribution is 8.00. The summed E-state index contributed by atoms with van der Waals surface area (Å²) in [5.74, 6) is -2.75. The van der Waals surface area contributed by atoms with Crippen molar-refractivity contribution in [3.63, 3.8) is 0 Å². The third kappa shape index (κ3) is 5.19. The molecule has 26 heavy (non-hydrogen) atoms. The fourth-order valence-electron chi connectivity index (χ4n) is 2.05. The van der Waals surface area contributed by atoms with Gasteiger partial charge in [-0.2, -0.15) is 0 Å². The van der Waals surface area contributed by atoms with E-state index >= 15 is 0 Å². The predicted molar refractivity (Wildman–Crippen MR) is 94.7 cm³/mol. The van der Waals surface area contributed by atoms with Crippen LogP contribution in [-0.2, 0) is 9.53 Å². The van der Waals surface area contributed by atoms with Crippen LogP contribution in [0.25, 0.3) is 0 Å². The SMILES string of the molecule is CCOc1ccc(SCC(=O)Nc2cc(C(=O)OC)c(F)cc2F)cc1. The molecule has 8 heteroatoms. The van der Waals surface area contributed by atoms with Gasteiger partial charge in [-0.25, -0.2) is 13.6 Å². The van der Waals surface area contributed by atoms with Gasteiger partial charge >= 0.3 is 5.97 Å². The van der Waals surface area contributed by atoms with E-state index in [1.807, 2.05) is 6.92 Å². The van der Waals surface area contributed by atoms with Gasteiger partial charge in [0.1, 0.15) is 17.4 Å². The van der Waals surface area contributed by atoms with Crippen LogP contribution in [0.15, 0.2) is 41.3 Å². The zero-order valence-electron chi connectivity index (χ0n) is 14.2. The van der Waals surface area contributed by atoms with Gasteiger partial charge in [-0.3, -0.25) is 4.79 Å². The third-order valence-electron chi connectivity index (χ3n) is 3.24. The lowest BCUT2D eigenvalue weighted by molar-refractivity contribution is -0.113. The van der Waals surface area contributed by atoms with Crippen LogP contribution >= 0.6 is 11.8 Å². The highest BCUT2D eigenvalue weighted by Gasteiger charge is 2.17. The number of esters is 1. The van der Waals surface area contributed by atoms with E-state index in [0.29, 0.717) is 12.7 Å². The summed E-state index contributed by atoms with van der Waals surface area (Å²) in [6.45, 7) is 2.44. The average Bonchev–Trinajstić information content (AvgIpc) is 2.63. The number of benzene rings is 2. The van der Waals surface area contributed by atoms with Gasteiger partial charge in [0.15, 0.2) is 0 Å². The van der Waals surface area contributed by atoms with Gasteiger partial charge in [0.2, 0.25) is 5.91 Å². The molecule has 0 heterocycles. The van der Waals surface area contributed by atoms with E-state index < -0.39 is 29.1 Å². The quantitative estimate of drug-likeness (QED) is 0.582. The van der Waals surface area contributed by atoms with Crippen molar-refractivity contribution in [2.45, 2.75) is 11.8 Å². The zero-order valence-corrected chi connectivity index (χ0v) is 15.0. The molecule has 0 spiro atoms. The molecule has 0 unspecified atom stereocenters. The molecule has 0 aliphatic heterocycles.